The molecular weight excluding hydrogens is 340 g/mol. The molecule has 2 aromatic carbocycles. The predicted octanol–water partition coefficient (Wildman–Crippen LogP) is 5.81. The SMILES string of the molecule is CN(CCCC(C#N)(c1ccc(Cl)cc1)C1CCC1)Cc1ccccc1. The van der Waals surface area contributed by atoms with Crippen LogP contribution in [0.15, 0.2) is 54.6 Å². The zero-order valence-corrected chi connectivity index (χ0v) is 16.3. The molecule has 3 heteroatoms. The van der Waals surface area contributed by atoms with Crippen LogP contribution in [0.3, 0.4) is 0 Å². The van der Waals surface area contributed by atoms with E-state index in [9.17, 15) is 5.26 Å². The first-order valence-electron chi connectivity index (χ1n) is 9.54. The molecule has 1 fully saturated rings. The van der Waals surface area contributed by atoms with E-state index < -0.39 is 0 Å². The molecule has 3 rings (SSSR count). The van der Waals surface area contributed by atoms with Gasteiger partial charge in [-0.15, -0.1) is 0 Å². The standard InChI is InChI=1S/C23H27ClN2/c1-26(17-19-7-3-2-4-8-19)16-6-15-23(18-25,20-9-5-10-20)21-11-13-22(24)14-12-21/h2-4,7-8,11-14,20H,5-6,9-10,15-17H2,1H3. The smallest absolute Gasteiger partial charge is 0.0850 e. The van der Waals surface area contributed by atoms with Crippen molar-refractivity contribution in [1.82, 2.24) is 4.90 Å². The molecule has 0 heterocycles. The summed E-state index contributed by atoms with van der Waals surface area (Å²) in [6.07, 6.45) is 5.51. The number of benzene rings is 2. The van der Waals surface area contributed by atoms with E-state index in [1.54, 1.807) is 0 Å². The van der Waals surface area contributed by atoms with Crippen LogP contribution in [0.25, 0.3) is 0 Å². The Balaban J connectivity index is 1.65. The highest BCUT2D eigenvalue weighted by Crippen LogP contribution is 2.47. The second-order valence-corrected chi connectivity index (χ2v) is 7.98. The monoisotopic (exact) mass is 366 g/mol. The van der Waals surface area contributed by atoms with Crippen molar-refractivity contribution in [3.63, 3.8) is 0 Å². The molecular formula is C23H27ClN2. The zero-order valence-electron chi connectivity index (χ0n) is 15.5. The topological polar surface area (TPSA) is 27.0 Å². The highest BCUT2D eigenvalue weighted by molar-refractivity contribution is 6.30. The van der Waals surface area contributed by atoms with Crippen LogP contribution in [0.5, 0.6) is 0 Å². The van der Waals surface area contributed by atoms with Crippen molar-refractivity contribution >= 4 is 11.6 Å². The van der Waals surface area contributed by atoms with Gasteiger partial charge in [-0.05, 0) is 68.5 Å². The van der Waals surface area contributed by atoms with Gasteiger partial charge in [0.2, 0.25) is 0 Å². The van der Waals surface area contributed by atoms with Gasteiger partial charge in [-0.25, -0.2) is 0 Å². The van der Waals surface area contributed by atoms with Gasteiger partial charge in [0.25, 0.3) is 0 Å². The van der Waals surface area contributed by atoms with Gasteiger partial charge in [0.05, 0.1) is 11.5 Å². The molecule has 0 bridgehead atoms. The largest absolute Gasteiger partial charge is 0.302 e. The maximum atomic E-state index is 10.1. The van der Waals surface area contributed by atoms with Crippen molar-refractivity contribution in [3.05, 3.63) is 70.7 Å². The lowest BCUT2D eigenvalue weighted by Gasteiger charge is -2.41. The lowest BCUT2D eigenvalue weighted by Crippen LogP contribution is -2.38. The van der Waals surface area contributed by atoms with Crippen LogP contribution < -0.4 is 0 Å². The highest BCUT2D eigenvalue weighted by atomic mass is 35.5. The van der Waals surface area contributed by atoms with Gasteiger partial charge in [0.1, 0.15) is 0 Å². The van der Waals surface area contributed by atoms with Crippen molar-refractivity contribution in [1.29, 1.82) is 5.26 Å². The van der Waals surface area contributed by atoms with Crippen LogP contribution in [0.2, 0.25) is 5.02 Å². The molecule has 1 aliphatic rings. The van der Waals surface area contributed by atoms with Gasteiger partial charge in [-0.3, -0.25) is 0 Å². The minimum absolute atomic E-state index is 0.365. The summed E-state index contributed by atoms with van der Waals surface area (Å²) in [5.74, 6) is 0.480. The average molecular weight is 367 g/mol. The third-order valence-corrected chi connectivity index (χ3v) is 6.02. The fourth-order valence-corrected chi connectivity index (χ4v) is 4.17. The molecule has 1 saturated carbocycles. The quantitative estimate of drug-likeness (QED) is 0.589. The Kier molecular flexibility index (Phi) is 6.35. The Hall–Kier alpha value is -1.82. The molecule has 0 aliphatic heterocycles. The minimum Gasteiger partial charge on any atom is -0.302 e. The van der Waals surface area contributed by atoms with E-state index in [0.717, 1.165) is 49.4 Å². The molecule has 136 valence electrons. The van der Waals surface area contributed by atoms with Crippen LogP contribution >= 0.6 is 11.6 Å². The molecule has 0 aromatic heterocycles. The first-order valence-corrected chi connectivity index (χ1v) is 9.91. The van der Waals surface area contributed by atoms with E-state index in [1.807, 2.05) is 12.1 Å². The fourth-order valence-electron chi connectivity index (χ4n) is 4.05. The molecule has 1 atom stereocenters. The lowest BCUT2D eigenvalue weighted by molar-refractivity contribution is 0.188. The van der Waals surface area contributed by atoms with Crippen molar-refractivity contribution in [3.8, 4) is 6.07 Å². The summed E-state index contributed by atoms with van der Waals surface area (Å²) in [6.45, 7) is 1.95. The molecule has 1 aliphatic carbocycles. The van der Waals surface area contributed by atoms with E-state index in [1.165, 1.54) is 12.0 Å². The van der Waals surface area contributed by atoms with Gasteiger partial charge in [-0.2, -0.15) is 5.26 Å². The summed E-state index contributed by atoms with van der Waals surface area (Å²) < 4.78 is 0. The maximum absolute atomic E-state index is 10.1. The third-order valence-electron chi connectivity index (χ3n) is 5.77. The third kappa shape index (κ3) is 4.29. The summed E-state index contributed by atoms with van der Waals surface area (Å²) in [6, 6.07) is 21.2. The number of nitriles is 1. The van der Waals surface area contributed by atoms with E-state index in [4.69, 9.17) is 11.6 Å². The normalized spacial score (nSPS) is 16.7. The van der Waals surface area contributed by atoms with Crippen LogP contribution in [-0.2, 0) is 12.0 Å². The molecule has 0 radical (unpaired) electrons. The number of rotatable bonds is 8. The fraction of sp³-hybridized carbons (Fsp3) is 0.435. The van der Waals surface area contributed by atoms with Crippen molar-refractivity contribution in [2.45, 2.75) is 44.1 Å². The summed E-state index contributed by atoms with van der Waals surface area (Å²) in [7, 11) is 2.16. The molecule has 1 unspecified atom stereocenters. The summed E-state index contributed by atoms with van der Waals surface area (Å²) >= 11 is 6.07. The van der Waals surface area contributed by atoms with Crippen LogP contribution in [-0.4, -0.2) is 18.5 Å². The van der Waals surface area contributed by atoms with Crippen LogP contribution in [0.4, 0.5) is 0 Å². The Labute approximate surface area is 162 Å². The van der Waals surface area contributed by atoms with Gasteiger partial charge in [0.15, 0.2) is 0 Å². The van der Waals surface area contributed by atoms with Gasteiger partial charge < -0.3 is 4.90 Å². The molecule has 0 N–H and O–H groups in total. The molecule has 0 saturated heterocycles. The first kappa shape index (κ1) is 19.0. The van der Waals surface area contributed by atoms with E-state index >= 15 is 0 Å². The summed E-state index contributed by atoms with van der Waals surface area (Å²) in [5, 5.41) is 10.9. The van der Waals surface area contributed by atoms with E-state index in [0.29, 0.717) is 5.92 Å². The minimum atomic E-state index is -0.365. The van der Waals surface area contributed by atoms with Crippen molar-refractivity contribution < 1.29 is 0 Å². The summed E-state index contributed by atoms with van der Waals surface area (Å²) in [5.41, 5.74) is 2.11. The van der Waals surface area contributed by atoms with Crippen molar-refractivity contribution in [2.24, 2.45) is 5.92 Å². The Bertz CT molecular complexity index is 731. The zero-order chi connectivity index (χ0) is 18.4. The Morgan fingerprint density at radius 2 is 1.81 bits per heavy atom. The molecule has 0 spiro atoms. The Morgan fingerprint density at radius 3 is 2.38 bits per heavy atom. The first-order chi connectivity index (χ1) is 12.6. The predicted molar refractivity (Wildman–Crippen MR) is 108 cm³/mol. The highest BCUT2D eigenvalue weighted by Gasteiger charge is 2.43. The summed E-state index contributed by atoms with van der Waals surface area (Å²) in [4.78, 5) is 2.35. The van der Waals surface area contributed by atoms with Crippen molar-refractivity contribution in [2.75, 3.05) is 13.6 Å². The molecule has 2 aromatic rings. The molecule has 0 amide bonds. The van der Waals surface area contributed by atoms with E-state index in [2.05, 4.69) is 60.5 Å². The van der Waals surface area contributed by atoms with Gasteiger partial charge in [0, 0.05) is 11.6 Å². The molecule has 2 nitrogen and oxygen atoms in total. The number of hydrogen-bond acceptors (Lipinski definition) is 2. The Morgan fingerprint density at radius 1 is 1.12 bits per heavy atom. The second kappa shape index (κ2) is 8.71. The number of halogens is 1. The lowest BCUT2D eigenvalue weighted by atomic mass is 9.61. The molecule has 26 heavy (non-hydrogen) atoms. The van der Waals surface area contributed by atoms with Crippen LogP contribution in [0.1, 0.15) is 43.2 Å². The second-order valence-electron chi connectivity index (χ2n) is 7.54. The number of hydrogen-bond donors (Lipinski definition) is 0. The average Bonchev–Trinajstić information content (AvgIpc) is 2.60. The maximum Gasteiger partial charge on any atom is 0.0850 e. The van der Waals surface area contributed by atoms with Gasteiger partial charge in [-0.1, -0.05) is 60.5 Å². The number of nitrogens with zero attached hydrogens (tertiary/aromatic N) is 2. The van der Waals surface area contributed by atoms with Gasteiger partial charge >= 0.3 is 0 Å². The van der Waals surface area contributed by atoms with E-state index in [-0.39, 0.29) is 5.41 Å². The van der Waals surface area contributed by atoms with Crippen LogP contribution in [0, 0.1) is 17.2 Å².